The molecular weight excluding hydrogens is 216 g/mol. The molecule has 2 aromatic heterocycles. The van der Waals surface area contributed by atoms with Crippen molar-refractivity contribution in [2.45, 2.75) is 13.3 Å². The van der Waals surface area contributed by atoms with Gasteiger partial charge in [0.05, 0.1) is 12.1 Å². The van der Waals surface area contributed by atoms with Gasteiger partial charge in [-0.25, -0.2) is 0 Å². The Kier molecular flexibility index (Phi) is 3.14. The smallest absolute Gasteiger partial charge is 0.309 e. The summed E-state index contributed by atoms with van der Waals surface area (Å²) in [6.45, 7) is 1.94. The average Bonchev–Trinajstić information content (AvgIpc) is 2.29. The number of nitrogens with zero attached hydrogens (tertiary/aromatic N) is 2. The molecule has 1 N–H and O–H groups in total. The Morgan fingerprint density at radius 3 is 2.82 bits per heavy atom. The predicted molar refractivity (Wildman–Crippen MR) is 63.5 cm³/mol. The number of hydrogen-bond acceptors (Lipinski definition) is 3. The molecule has 2 rings (SSSR count). The van der Waals surface area contributed by atoms with Crippen molar-refractivity contribution in [1.29, 1.82) is 0 Å². The number of carboxylic acids is 1. The molecule has 86 valence electrons. The van der Waals surface area contributed by atoms with E-state index in [0.29, 0.717) is 5.69 Å². The van der Waals surface area contributed by atoms with Gasteiger partial charge in [-0.1, -0.05) is 6.07 Å². The van der Waals surface area contributed by atoms with Gasteiger partial charge in [-0.05, 0) is 24.6 Å². The molecule has 0 aliphatic rings. The van der Waals surface area contributed by atoms with Gasteiger partial charge < -0.3 is 5.11 Å². The molecule has 0 spiro atoms. The van der Waals surface area contributed by atoms with E-state index >= 15 is 0 Å². The van der Waals surface area contributed by atoms with E-state index in [2.05, 4.69) is 9.97 Å². The van der Waals surface area contributed by atoms with Crippen LogP contribution in [-0.4, -0.2) is 21.0 Å². The Hall–Kier alpha value is -2.23. The largest absolute Gasteiger partial charge is 0.481 e. The van der Waals surface area contributed by atoms with E-state index in [4.69, 9.17) is 5.11 Å². The number of aliphatic carboxylic acids is 1. The minimum atomic E-state index is -0.869. The summed E-state index contributed by atoms with van der Waals surface area (Å²) in [7, 11) is 0. The molecule has 0 bridgehead atoms. The molecule has 0 saturated carbocycles. The highest BCUT2D eigenvalue weighted by Crippen LogP contribution is 2.21. The SMILES string of the molecule is Cc1cc(CC(=O)O)ncc1-c1cccnc1. The van der Waals surface area contributed by atoms with Crippen molar-refractivity contribution in [1.82, 2.24) is 9.97 Å². The summed E-state index contributed by atoms with van der Waals surface area (Å²) in [6, 6.07) is 5.62. The van der Waals surface area contributed by atoms with Gasteiger partial charge in [0.15, 0.2) is 0 Å². The molecule has 0 unspecified atom stereocenters. The summed E-state index contributed by atoms with van der Waals surface area (Å²) in [5.41, 5.74) is 3.54. The van der Waals surface area contributed by atoms with E-state index in [9.17, 15) is 4.79 Å². The fourth-order valence-corrected chi connectivity index (χ4v) is 1.69. The van der Waals surface area contributed by atoms with E-state index in [1.54, 1.807) is 24.7 Å². The van der Waals surface area contributed by atoms with Crippen molar-refractivity contribution in [2.75, 3.05) is 0 Å². The summed E-state index contributed by atoms with van der Waals surface area (Å²) in [5.74, 6) is -0.869. The van der Waals surface area contributed by atoms with Gasteiger partial charge in [-0.15, -0.1) is 0 Å². The van der Waals surface area contributed by atoms with Gasteiger partial charge in [0.2, 0.25) is 0 Å². The van der Waals surface area contributed by atoms with Crippen LogP contribution in [0.15, 0.2) is 36.8 Å². The number of carboxylic acid groups (broad SMARTS) is 1. The lowest BCUT2D eigenvalue weighted by atomic mass is 10.0. The van der Waals surface area contributed by atoms with E-state index in [1.807, 2.05) is 19.1 Å². The molecule has 0 aromatic carbocycles. The van der Waals surface area contributed by atoms with Crippen LogP contribution in [0.5, 0.6) is 0 Å². The van der Waals surface area contributed by atoms with Crippen LogP contribution < -0.4 is 0 Å². The first kappa shape index (κ1) is 11.3. The summed E-state index contributed by atoms with van der Waals surface area (Å²) in [4.78, 5) is 18.8. The minimum absolute atomic E-state index is 0.0475. The lowest BCUT2D eigenvalue weighted by Gasteiger charge is -2.06. The van der Waals surface area contributed by atoms with Crippen molar-refractivity contribution in [3.63, 3.8) is 0 Å². The summed E-state index contributed by atoms with van der Waals surface area (Å²) in [5, 5.41) is 8.69. The monoisotopic (exact) mass is 228 g/mol. The molecule has 0 fully saturated rings. The van der Waals surface area contributed by atoms with Crippen LogP contribution in [0, 0.1) is 6.92 Å². The van der Waals surface area contributed by atoms with Gasteiger partial charge in [-0.3, -0.25) is 14.8 Å². The lowest BCUT2D eigenvalue weighted by Crippen LogP contribution is -2.03. The molecule has 0 aliphatic carbocycles. The summed E-state index contributed by atoms with van der Waals surface area (Å²) >= 11 is 0. The molecule has 2 heterocycles. The Balaban J connectivity index is 2.35. The third kappa shape index (κ3) is 2.66. The minimum Gasteiger partial charge on any atom is -0.481 e. The van der Waals surface area contributed by atoms with E-state index in [-0.39, 0.29) is 6.42 Å². The molecule has 4 heteroatoms. The lowest BCUT2D eigenvalue weighted by molar-refractivity contribution is -0.136. The number of hydrogen-bond donors (Lipinski definition) is 1. The number of rotatable bonds is 3. The summed E-state index contributed by atoms with van der Waals surface area (Å²) in [6.07, 6.45) is 5.13. The van der Waals surface area contributed by atoms with Gasteiger partial charge >= 0.3 is 5.97 Å². The first-order valence-corrected chi connectivity index (χ1v) is 5.24. The molecule has 0 atom stereocenters. The second kappa shape index (κ2) is 4.74. The maximum absolute atomic E-state index is 10.6. The van der Waals surface area contributed by atoms with Crippen molar-refractivity contribution in [3.05, 3.63) is 48.0 Å². The van der Waals surface area contributed by atoms with Gasteiger partial charge in [0.25, 0.3) is 0 Å². The van der Waals surface area contributed by atoms with E-state index < -0.39 is 5.97 Å². The zero-order valence-electron chi connectivity index (χ0n) is 9.42. The fourth-order valence-electron chi connectivity index (χ4n) is 1.69. The van der Waals surface area contributed by atoms with Crippen LogP contribution in [0.25, 0.3) is 11.1 Å². The average molecular weight is 228 g/mol. The van der Waals surface area contributed by atoms with Crippen molar-refractivity contribution in [3.8, 4) is 11.1 Å². The van der Waals surface area contributed by atoms with E-state index in [1.165, 1.54) is 0 Å². The molecule has 0 saturated heterocycles. The number of carbonyl (C=O) groups is 1. The van der Waals surface area contributed by atoms with Crippen LogP contribution in [0.3, 0.4) is 0 Å². The zero-order chi connectivity index (χ0) is 12.3. The van der Waals surface area contributed by atoms with Crippen molar-refractivity contribution in [2.24, 2.45) is 0 Å². The maximum Gasteiger partial charge on any atom is 0.309 e. The highest BCUT2D eigenvalue weighted by molar-refractivity contribution is 5.71. The molecule has 2 aromatic rings. The molecule has 0 amide bonds. The third-order valence-corrected chi connectivity index (χ3v) is 2.47. The standard InChI is InChI=1S/C13H12N2O2/c1-9-5-11(6-13(16)17)15-8-12(9)10-3-2-4-14-7-10/h2-5,7-8H,6H2,1H3,(H,16,17). The Labute approximate surface area is 99.0 Å². The van der Waals surface area contributed by atoms with Crippen LogP contribution in [0.2, 0.25) is 0 Å². The fraction of sp³-hybridized carbons (Fsp3) is 0.154. The van der Waals surface area contributed by atoms with Gasteiger partial charge in [0.1, 0.15) is 0 Å². The van der Waals surface area contributed by atoms with Crippen molar-refractivity contribution < 1.29 is 9.90 Å². The van der Waals surface area contributed by atoms with Gasteiger partial charge in [-0.2, -0.15) is 0 Å². The second-order valence-corrected chi connectivity index (χ2v) is 3.80. The van der Waals surface area contributed by atoms with Crippen LogP contribution >= 0.6 is 0 Å². The third-order valence-electron chi connectivity index (χ3n) is 2.47. The van der Waals surface area contributed by atoms with Crippen LogP contribution in [0.1, 0.15) is 11.3 Å². The highest BCUT2D eigenvalue weighted by Gasteiger charge is 2.06. The molecular formula is C13H12N2O2. The topological polar surface area (TPSA) is 63.1 Å². The molecule has 4 nitrogen and oxygen atoms in total. The normalized spacial score (nSPS) is 10.2. The van der Waals surface area contributed by atoms with Crippen LogP contribution in [-0.2, 0) is 11.2 Å². The zero-order valence-corrected chi connectivity index (χ0v) is 9.42. The Morgan fingerprint density at radius 2 is 2.24 bits per heavy atom. The summed E-state index contributed by atoms with van der Waals surface area (Å²) < 4.78 is 0. The number of aryl methyl sites for hydroxylation is 1. The van der Waals surface area contributed by atoms with Crippen molar-refractivity contribution >= 4 is 5.97 Å². The molecule has 0 radical (unpaired) electrons. The molecule has 17 heavy (non-hydrogen) atoms. The number of aromatic nitrogens is 2. The highest BCUT2D eigenvalue weighted by atomic mass is 16.4. The Bertz CT molecular complexity index is 538. The Morgan fingerprint density at radius 1 is 1.41 bits per heavy atom. The number of pyridine rings is 2. The quantitative estimate of drug-likeness (QED) is 0.873. The van der Waals surface area contributed by atoms with E-state index in [0.717, 1.165) is 16.7 Å². The van der Waals surface area contributed by atoms with Gasteiger partial charge in [0, 0.05) is 29.7 Å². The second-order valence-electron chi connectivity index (χ2n) is 3.80. The first-order valence-electron chi connectivity index (χ1n) is 5.24. The van der Waals surface area contributed by atoms with Crippen LogP contribution in [0.4, 0.5) is 0 Å². The maximum atomic E-state index is 10.6. The predicted octanol–water partition coefficient (Wildman–Crippen LogP) is 2.08. The first-order chi connectivity index (χ1) is 8.16. The molecule has 0 aliphatic heterocycles.